The summed E-state index contributed by atoms with van der Waals surface area (Å²) in [6, 6.07) is 8.17. The first-order valence-electron chi connectivity index (χ1n) is 13.5. The number of amides is 2. The van der Waals surface area contributed by atoms with Gasteiger partial charge in [0, 0.05) is 30.1 Å². The summed E-state index contributed by atoms with van der Waals surface area (Å²) in [5.74, 6) is -0.845. The monoisotopic (exact) mass is 523 g/mol. The number of hydrogen-bond acceptors (Lipinski definition) is 5. The Hall–Kier alpha value is -3.69. The van der Waals surface area contributed by atoms with Crippen LogP contribution in [0.3, 0.4) is 0 Å². The second-order valence-corrected chi connectivity index (χ2v) is 10.2. The first-order valence-corrected chi connectivity index (χ1v) is 13.5. The fourth-order valence-electron chi connectivity index (χ4n) is 5.82. The van der Waals surface area contributed by atoms with Crippen LogP contribution in [0.4, 0.5) is 10.2 Å². The van der Waals surface area contributed by atoms with E-state index in [4.69, 9.17) is 4.74 Å². The normalized spacial score (nSPS) is 21.8. The minimum absolute atomic E-state index is 0.0520. The molecule has 3 heterocycles. The van der Waals surface area contributed by atoms with E-state index in [-0.39, 0.29) is 48.0 Å². The van der Waals surface area contributed by atoms with Gasteiger partial charge in [0.2, 0.25) is 11.8 Å². The molecule has 1 aliphatic carbocycles. The maximum atomic E-state index is 14.1. The van der Waals surface area contributed by atoms with Gasteiger partial charge in [-0.05, 0) is 63.6 Å². The molecule has 38 heavy (non-hydrogen) atoms. The lowest BCUT2D eigenvalue weighted by Gasteiger charge is -2.35. The zero-order chi connectivity index (χ0) is 26.6. The highest BCUT2D eigenvalue weighted by Gasteiger charge is 2.33. The molecule has 202 valence electrons. The van der Waals surface area contributed by atoms with Gasteiger partial charge in [-0.25, -0.2) is 4.39 Å². The van der Waals surface area contributed by atoms with E-state index < -0.39 is 0 Å². The van der Waals surface area contributed by atoms with Gasteiger partial charge in [-0.15, -0.1) is 0 Å². The maximum absolute atomic E-state index is 14.1. The molecule has 9 nitrogen and oxygen atoms in total. The van der Waals surface area contributed by atoms with Crippen LogP contribution in [0.1, 0.15) is 63.6 Å². The molecule has 0 bridgehead atoms. The Kier molecular flexibility index (Phi) is 7.76. The lowest BCUT2D eigenvalue weighted by molar-refractivity contribution is -0.150. The summed E-state index contributed by atoms with van der Waals surface area (Å²) < 4.78 is 21.0. The average Bonchev–Trinajstić information content (AvgIpc) is 3.57. The molecule has 1 saturated carbocycles. The van der Waals surface area contributed by atoms with Crippen LogP contribution in [-0.2, 0) is 25.7 Å². The predicted octanol–water partition coefficient (Wildman–Crippen LogP) is 4.57. The number of piperidine rings is 1. The molecule has 2 N–H and O–H groups in total. The van der Waals surface area contributed by atoms with Crippen molar-refractivity contribution in [1.29, 1.82) is 0 Å². The van der Waals surface area contributed by atoms with Crippen molar-refractivity contribution in [3.63, 3.8) is 0 Å². The molecule has 2 aliphatic rings. The number of anilines is 1. The highest BCUT2D eigenvalue weighted by atomic mass is 19.1. The standard InChI is InChI=1S/C28H34FN5O4/c1-2-38-28(37)19-8-5-7-18(15-19)27(36)30-25-16-22(31-32-25)24-10-3-4-13-34(24)26(35)17-33-14-12-20-21(29)9-6-11-23(20)33/h6,9,11-12,14,16,18-19,24H,2-5,7-8,10,13,15,17H2,1H3,(H2,30,31,32,36)/t18-,19+,24?/m0/s1. The summed E-state index contributed by atoms with van der Waals surface area (Å²) in [6.45, 7) is 2.85. The number of carbonyl (C=O) groups excluding carboxylic acids is 3. The van der Waals surface area contributed by atoms with Crippen molar-refractivity contribution in [2.24, 2.45) is 11.8 Å². The number of H-pyrrole nitrogens is 1. The fourth-order valence-corrected chi connectivity index (χ4v) is 5.82. The minimum Gasteiger partial charge on any atom is -0.466 e. The number of fused-ring (bicyclic) bond motifs is 1. The number of aromatic nitrogens is 3. The van der Waals surface area contributed by atoms with Crippen molar-refractivity contribution >= 4 is 34.5 Å². The zero-order valence-electron chi connectivity index (χ0n) is 21.6. The second-order valence-electron chi connectivity index (χ2n) is 10.2. The number of benzene rings is 1. The quantitative estimate of drug-likeness (QED) is 0.441. The van der Waals surface area contributed by atoms with Crippen molar-refractivity contribution in [2.45, 2.75) is 64.5 Å². The molecule has 10 heteroatoms. The lowest BCUT2D eigenvalue weighted by Crippen LogP contribution is -2.40. The number of ether oxygens (including phenoxy) is 1. The van der Waals surface area contributed by atoms with Gasteiger partial charge in [0.15, 0.2) is 5.82 Å². The third-order valence-corrected chi connectivity index (χ3v) is 7.76. The number of likely N-dealkylation sites (tertiary alicyclic amines) is 1. The minimum atomic E-state index is -0.304. The highest BCUT2D eigenvalue weighted by Crippen LogP contribution is 2.33. The number of nitrogens with one attached hydrogen (secondary N) is 2. The molecule has 1 saturated heterocycles. The van der Waals surface area contributed by atoms with Crippen molar-refractivity contribution in [3.05, 3.63) is 48.0 Å². The van der Waals surface area contributed by atoms with Crippen molar-refractivity contribution in [2.75, 3.05) is 18.5 Å². The number of halogens is 1. The van der Waals surface area contributed by atoms with E-state index in [1.54, 1.807) is 35.9 Å². The van der Waals surface area contributed by atoms with Crippen LogP contribution in [-0.4, -0.2) is 50.6 Å². The topological polar surface area (TPSA) is 109 Å². The molecule has 3 aromatic rings. The number of rotatable bonds is 7. The summed E-state index contributed by atoms with van der Waals surface area (Å²) in [7, 11) is 0. The summed E-state index contributed by atoms with van der Waals surface area (Å²) in [5, 5.41) is 10.7. The van der Waals surface area contributed by atoms with Gasteiger partial charge < -0.3 is 19.5 Å². The first-order chi connectivity index (χ1) is 18.4. The van der Waals surface area contributed by atoms with Gasteiger partial charge in [0.25, 0.3) is 0 Å². The Morgan fingerprint density at radius 1 is 1.13 bits per heavy atom. The Morgan fingerprint density at radius 3 is 2.82 bits per heavy atom. The molecule has 1 aliphatic heterocycles. The molecule has 0 spiro atoms. The zero-order valence-corrected chi connectivity index (χ0v) is 21.6. The van der Waals surface area contributed by atoms with E-state index in [0.29, 0.717) is 36.3 Å². The number of esters is 1. The van der Waals surface area contributed by atoms with Crippen molar-refractivity contribution < 1.29 is 23.5 Å². The van der Waals surface area contributed by atoms with Crippen LogP contribution in [0, 0.1) is 17.7 Å². The summed E-state index contributed by atoms with van der Waals surface area (Å²) in [4.78, 5) is 40.3. The molecule has 5 rings (SSSR count). The third-order valence-electron chi connectivity index (χ3n) is 7.76. The van der Waals surface area contributed by atoms with Crippen LogP contribution in [0.25, 0.3) is 10.9 Å². The Labute approximate surface area is 220 Å². The fraction of sp³-hybridized carbons (Fsp3) is 0.500. The van der Waals surface area contributed by atoms with Crippen LogP contribution >= 0.6 is 0 Å². The third kappa shape index (κ3) is 5.44. The van der Waals surface area contributed by atoms with Crippen LogP contribution in [0.5, 0.6) is 0 Å². The van der Waals surface area contributed by atoms with E-state index in [2.05, 4.69) is 15.5 Å². The Morgan fingerprint density at radius 2 is 1.97 bits per heavy atom. The lowest BCUT2D eigenvalue weighted by atomic mass is 9.81. The van der Waals surface area contributed by atoms with E-state index in [9.17, 15) is 18.8 Å². The average molecular weight is 524 g/mol. The number of aromatic amines is 1. The highest BCUT2D eigenvalue weighted by molar-refractivity contribution is 5.92. The number of hydrogen-bond donors (Lipinski definition) is 2. The summed E-state index contributed by atoms with van der Waals surface area (Å²) >= 11 is 0. The molecule has 3 atom stereocenters. The predicted molar refractivity (Wildman–Crippen MR) is 139 cm³/mol. The molecule has 2 aromatic heterocycles. The van der Waals surface area contributed by atoms with E-state index in [1.165, 1.54) is 6.07 Å². The smallest absolute Gasteiger partial charge is 0.308 e. The van der Waals surface area contributed by atoms with Gasteiger partial charge in [-0.2, -0.15) is 5.10 Å². The van der Waals surface area contributed by atoms with E-state index in [0.717, 1.165) is 44.2 Å². The van der Waals surface area contributed by atoms with Crippen LogP contribution in [0.2, 0.25) is 0 Å². The summed E-state index contributed by atoms with van der Waals surface area (Å²) in [5.41, 5.74) is 1.45. The number of carbonyl (C=O) groups is 3. The maximum Gasteiger partial charge on any atom is 0.308 e. The van der Waals surface area contributed by atoms with Crippen molar-refractivity contribution in [1.82, 2.24) is 19.7 Å². The van der Waals surface area contributed by atoms with Gasteiger partial charge in [-0.1, -0.05) is 12.5 Å². The first kappa shape index (κ1) is 25.9. The number of nitrogens with zero attached hydrogens (tertiary/aromatic N) is 3. The SMILES string of the molecule is CCOC(=O)[C@@H]1CCC[C@H](C(=O)Nc2cc(C3CCCCN3C(=O)Cn3ccc4c(F)cccc43)[nH]n2)C1. The molecular weight excluding hydrogens is 489 g/mol. The second kappa shape index (κ2) is 11.4. The molecule has 2 amide bonds. The van der Waals surface area contributed by atoms with Gasteiger partial charge >= 0.3 is 5.97 Å². The Balaban J connectivity index is 1.24. The van der Waals surface area contributed by atoms with Crippen LogP contribution in [0.15, 0.2) is 36.5 Å². The molecule has 2 fully saturated rings. The van der Waals surface area contributed by atoms with E-state index >= 15 is 0 Å². The largest absolute Gasteiger partial charge is 0.466 e. The molecule has 0 radical (unpaired) electrons. The summed E-state index contributed by atoms with van der Waals surface area (Å²) in [6.07, 6.45) is 7.16. The van der Waals surface area contributed by atoms with Gasteiger partial charge in [0.05, 0.1) is 29.8 Å². The van der Waals surface area contributed by atoms with Gasteiger partial charge in [-0.3, -0.25) is 19.5 Å². The Bertz CT molecular complexity index is 1320. The van der Waals surface area contributed by atoms with Gasteiger partial charge in [0.1, 0.15) is 12.4 Å². The molecular formula is C28H34FN5O4. The molecule has 1 aromatic carbocycles. The van der Waals surface area contributed by atoms with Crippen molar-refractivity contribution in [3.8, 4) is 0 Å². The molecule has 1 unspecified atom stereocenters. The van der Waals surface area contributed by atoms with E-state index in [1.807, 2.05) is 11.0 Å². The van der Waals surface area contributed by atoms with Crippen LogP contribution < -0.4 is 5.32 Å².